The van der Waals surface area contributed by atoms with Crippen LogP contribution in [0.4, 0.5) is 0 Å². The predicted molar refractivity (Wildman–Crippen MR) is 42.1 cm³/mol. The summed E-state index contributed by atoms with van der Waals surface area (Å²) in [5.74, 6) is 0. The third-order valence-electron chi connectivity index (χ3n) is 1.26. The predicted octanol–water partition coefficient (Wildman–Crippen LogP) is 2.39. The molecule has 2 heteroatoms. The van der Waals surface area contributed by atoms with Gasteiger partial charge in [0, 0.05) is 5.02 Å². The molecule has 0 aliphatic heterocycles. The van der Waals surface area contributed by atoms with Gasteiger partial charge in [0.1, 0.15) is 0 Å². The van der Waals surface area contributed by atoms with E-state index in [1.807, 2.05) is 0 Å². The molecule has 0 fully saturated rings. The number of hydrogen-bond acceptors (Lipinski definition) is 1. The molecule has 0 spiro atoms. The van der Waals surface area contributed by atoms with Gasteiger partial charge in [0.05, 0.1) is 7.45 Å². The van der Waals surface area contributed by atoms with Crippen LogP contribution in [0.2, 0.25) is 5.02 Å². The molecule has 0 amide bonds. The Bertz CT molecular complexity index is 255. The Morgan fingerprint density at radius 2 is 2.20 bits per heavy atom. The van der Waals surface area contributed by atoms with Gasteiger partial charge in [-0.3, -0.25) is 0 Å². The zero-order chi connectivity index (χ0) is 8.48. The molecule has 1 unspecified atom stereocenters. The zero-order valence-corrected chi connectivity index (χ0v) is 6.39. The molecule has 0 saturated carbocycles. The lowest BCUT2D eigenvalue weighted by molar-refractivity contribution is 0.199. The molecule has 0 heterocycles. The molecule has 1 atom stereocenters. The average molecular weight is 158 g/mol. The maximum atomic E-state index is 9.25. The fourth-order valence-corrected chi connectivity index (χ4v) is 1.03. The normalized spacial score (nSPS) is 17.7. The van der Waals surface area contributed by atoms with Crippen molar-refractivity contribution in [3.8, 4) is 0 Å². The number of aliphatic hydroxyl groups is 1. The Morgan fingerprint density at radius 1 is 1.60 bits per heavy atom. The molecule has 0 aliphatic carbocycles. The summed E-state index contributed by atoms with van der Waals surface area (Å²) in [6.45, 7) is 1.38. The molecule has 54 valence electrons. The van der Waals surface area contributed by atoms with Crippen molar-refractivity contribution in [1.82, 2.24) is 0 Å². The molecule has 0 bridgehead atoms. The van der Waals surface area contributed by atoms with E-state index in [0.29, 0.717) is 10.6 Å². The fourth-order valence-electron chi connectivity index (χ4n) is 0.755. The van der Waals surface area contributed by atoms with Crippen molar-refractivity contribution in [3.63, 3.8) is 0 Å². The summed E-state index contributed by atoms with van der Waals surface area (Å²) in [6.07, 6.45) is -1.60. The molecule has 1 aromatic carbocycles. The summed E-state index contributed by atoms with van der Waals surface area (Å²) in [6, 6.07) is 6.79. The van der Waals surface area contributed by atoms with Crippen LogP contribution in [0.3, 0.4) is 0 Å². The minimum absolute atomic E-state index is 0.424. The lowest BCUT2D eigenvalue weighted by Gasteiger charge is -2.04. The summed E-state index contributed by atoms with van der Waals surface area (Å²) in [7, 11) is 0. The van der Waals surface area contributed by atoms with E-state index in [1.54, 1.807) is 24.3 Å². The monoisotopic (exact) mass is 157 g/mol. The minimum Gasteiger partial charge on any atom is -0.389 e. The highest BCUT2D eigenvalue weighted by molar-refractivity contribution is 6.31. The average Bonchev–Trinajstić information content (AvgIpc) is 1.86. The first-order valence-corrected chi connectivity index (χ1v) is 3.37. The Morgan fingerprint density at radius 3 is 2.60 bits per heavy atom. The van der Waals surface area contributed by atoms with Crippen LogP contribution in [-0.2, 0) is 0 Å². The quantitative estimate of drug-likeness (QED) is 0.664. The first-order valence-electron chi connectivity index (χ1n) is 3.49. The van der Waals surface area contributed by atoms with E-state index in [-0.39, 0.29) is 0 Å². The molecule has 0 aromatic heterocycles. The van der Waals surface area contributed by atoms with Crippen molar-refractivity contribution in [3.05, 3.63) is 34.9 Å². The number of hydrogen-bond donors (Lipinski definition) is 1. The SMILES string of the molecule is [2H]C(C)(O)c1ccccc1Cl. The minimum atomic E-state index is -1.60. The van der Waals surface area contributed by atoms with E-state index >= 15 is 0 Å². The van der Waals surface area contributed by atoms with Crippen molar-refractivity contribution in [1.29, 1.82) is 0 Å². The highest BCUT2D eigenvalue weighted by atomic mass is 35.5. The van der Waals surface area contributed by atoms with Gasteiger partial charge < -0.3 is 5.11 Å². The van der Waals surface area contributed by atoms with Crippen molar-refractivity contribution >= 4 is 11.6 Å². The van der Waals surface area contributed by atoms with Gasteiger partial charge >= 0.3 is 0 Å². The maximum absolute atomic E-state index is 9.25. The van der Waals surface area contributed by atoms with Gasteiger partial charge in [-0.1, -0.05) is 29.8 Å². The highest BCUT2D eigenvalue weighted by Gasteiger charge is 2.02. The van der Waals surface area contributed by atoms with Crippen LogP contribution in [0.15, 0.2) is 24.3 Å². The van der Waals surface area contributed by atoms with Crippen molar-refractivity contribution < 1.29 is 6.48 Å². The zero-order valence-electron chi connectivity index (χ0n) is 6.63. The fraction of sp³-hybridized carbons (Fsp3) is 0.250. The molecule has 0 saturated heterocycles. The molecule has 1 N–H and O–H groups in total. The van der Waals surface area contributed by atoms with Crippen LogP contribution in [-0.4, -0.2) is 5.11 Å². The molecule has 1 rings (SSSR count). The third-order valence-corrected chi connectivity index (χ3v) is 1.59. The van der Waals surface area contributed by atoms with Gasteiger partial charge in [-0.05, 0) is 18.6 Å². The van der Waals surface area contributed by atoms with Gasteiger partial charge in [0.2, 0.25) is 0 Å². The third kappa shape index (κ3) is 1.49. The van der Waals surface area contributed by atoms with Crippen LogP contribution < -0.4 is 0 Å². The van der Waals surface area contributed by atoms with Crippen molar-refractivity contribution in [2.45, 2.75) is 13.0 Å². The standard InChI is InChI=1S/C8H9ClO/c1-6(10)7-4-2-3-5-8(7)9/h2-6,10H,1H3/i6D. The van der Waals surface area contributed by atoms with E-state index in [0.717, 1.165) is 0 Å². The summed E-state index contributed by atoms with van der Waals surface area (Å²) in [4.78, 5) is 0. The van der Waals surface area contributed by atoms with Gasteiger partial charge in [0.25, 0.3) is 0 Å². The van der Waals surface area contributed by atoms with Crippen LogP contribution in [0.25, 0.3) is 0 Å². The lowest BCUT2D eigenvalue weighted by Crippen LogP contribution is -1.90. The Kier molecular flexibility index (Phi) is 1.88. The number of benzene rings is 1. The second-order valence-electron chi connectivity index (χ2n) is 2.07. The molecule has 1 aromatic rings. The summed E-state index contributed by atoms with van der Waals surface area (Å²) in [5.41, 5.74) is 0.432. The Hall–Kier alpha value is -0.530. The van der Waals surface area contributed by atoms with Gasteiger partial charge in [-0.25, -0.2) is 0 Å². The Balaban J connectivity index is 3.14. The number of rotatable bonds is 1. The van der Waals surface area contributed by atoms with E-state index in [9.17, 15) is 5.11 Å². The summed E-state index contributed by atoms with van der Waals surface area (Å²) in [5, 5.41) is 9.68. The Labute approximate surface area is 66.7 Å². The van der Waals surface area contributed by atoms with Crippen LogP contribution in [0, 0.1) is 0 Å². The topological polar surface area (TPSA) is 20.2 Å². The van der Waals surface area contributed by atoms with Gasteiger partial charge in [-0.2, -0.15) is 0 Å². The summed E-state index contributed by atoms with van der Waals surface area (Å²) >= 11 is 5.73. The van der Waals surface area contributed by atoms with Gasteiger partial charge in [0.15, 0.2) is 0 Å². The first kappa shape index (κ1) is 6.20. The second-order valence-corrected chi connectivity index (χ2v) is 2.47. The van der Waals surface area contributed by atoms with Crippen molar-refractivity contribution in [2.75, 3.05) is 0 Å². The van der Waals surface area contributed by atoms with Crippen LogP contribution in [0.1, 0.15) is 19.9 Å². The molecular weight excluding hydrogens is 148 g/mol. The molecule has 1 nitrogen and oxygen atoms in total. The van der Waals surface area contributed by atoms with Gasteiger partial charge in [-0.15, -0.1) is 0 Å². The second kappa shape index (κ2) is 3.04. The van der Waals surface area contributed by atoms with Crippen LogP contribution >= 0.6 is 11.6 Å². The molecule has 10 heavy (non-hydrogen) atoms. The smallest absolute Gasteiger partial charge is 0.0776 e. The van der Waals surface area contributed by atoms with E-state index in [4.69, 9.17) is 13.0 Å². The highest BCUT2D eigenvalue weighted by Crippen LogP contribution is 2.21. The van der Waals surface area contributed by atoms with Crippen LogP contribution in [0.5, 0.6) is 0 Å². The van der Waals surface area contributed by atoms with Crippen molar-refractivity contribution in [2.24, 2.45) is 0 Å². The first-order chi connectivity index (χ1) is 5.02. The molecule has 0 radical (unpaired) electrons. The number of halogens is 1. The lowest BCUT2D eigenvalue weighted by atomic mass is 10.1. The van der Waals surface area contributed by atoms with E-state index < -0.39 is 6.08 Å². The van der Waals surface area contributed by atoms with E-state index in [2.05, 4.69) is 0 Å². The molecule has 0 aliphatic rings. The largest absolute Gasteiger partial charge is 0.389 e. The maximum Gasteiger partial charge on any atom is 0.0776 e. The summed E-state index contributed by atoms with van der Waals surface area (Å²) < 4.78 is 7.28. The van der Waals surface area contributed by atoms with E-state index in [1.165, 1.54) is 6.92 Å². The molecular formula is C8H9ClO.